The van der Waals surface area contributed by atoms with Gasteiger partial charge in [0.1, 0.15) is 11.3 Å². The molecule has 1 N–H and O–H groups in total. The molecule has 0 aliphatic carbocycles. The van der Waals surface area contributed by atoms with Gasteiger partial charge in [-0.3, -0.25) is 4.40 Å². The first-order valence-electron chi connectivity index (χ1n) is 12.3. The second-order valence-electron chi connectivity index (χ2n) is 7.73. The number of hydrogen-bond acceptors (Lipinski definition) is 8. The Morgan fingerprint density at radius 3 is 1.56 bits per heavy atom. The molecule has 41 heavy (non-hydrogen) atoms. The number of hydrogen-bond donors (Lipinski definition) is 1. The smallest absolute Gasteiger partial charge is 0.226 e. The number of aromatic nitrogens is 2. The maximum Gasteiger partial charge on any atom is 0.226 e. The average Bonchev–Trinajstić information content (AvgIpc) is 3.38. The SMILES string of the molecule is C=C/C(=C\C)N=N/C(C=C)=C/C=C(\C=C)N=N/C(C=C)=C/C=C(\C=C)N=Nc1ccc2nc(C=C)c(C=C)n2c1O. The molecule has 9 heteroatoms. The summed E-state index contributed by atoms with van der Waals surface area (Å²) in [5, 5.41) is 35.7. The highest BCUT2D eigenvalue weighted by atomic mass is 16.3. The second-order valence-corrected chi connectivity index (χ2v) is 7.73. The van der Waals surface area contributed by atoms with Gasteiger partial charge >= 0.3 is 0 Å². The monoisotopic (exact) mass is 544 g/mol. The van der Waals surface area contributed by atoms with Crippen molar-refractivity contribution >= 4 is 23.5 Å². The summed E-state index contributed by atoms with van der Waals surface area (Å²) in [6.07, 6.45) is 19.3. The maximum atomic E-state index is 10.8. The van der Waals surface area contributed by atoms with Gasteiger partial charge in [0.2, 0.25) is 5.88 Å². The number of rotatable bonds is 15. The van der Waals surface area contributed by atoms with E-state index in [2.05, 4.69) is 81.7 Å². The van der Waals surface area contributed by atoms with Gasteiger partial charge < -0.3 is 5.11 Å². The molecule has 0 amide bonds. The van der Waals surface area contributed by atoms with Crippen LogP contribution >= 0.6 is 0 Å². The van der Waals surface area contributed by atoms with Crippen molar-refractivity contribution in [1.82, 2.24) is 9.38 Å². The van der Waals surface area contributed by atoms with E-state index < -0.39 is 0 Å². The van der Waals surface area contributed by atoms with Gasteiger partial charge in [-0.15, -0.1) is 5.11 Å². The molecule has 0 radical (unpaired) electrons. The number of nitrogens with zero attached hydrogens (tertiary/aromatic N) is 8. The predicted octanol–water partition coefficient (Wildman–Crippen LogP) is 9.68. The molecule has 0 aliphatic heterocycles. The highest BCUT2D eigenvalue weighted by Crippen LogP contribution is 2.31. The standard InChI is InChI=1S/C32H32N8O/c1-9-23(10-2)34-35-24(11-3)17-18-25(12-4)36-37-26(13-5)19-20-27(14-6)38-39-29-21-22-31-33-28(15-7)30(16-8)40(31)32(29)41/h9-22,41H,1,3-8H2,2H3/b23-10+,24-17+,25-18+,26-19+,27-20+,35-34?,37-36?,39-38?. The molecule has 0 spiro atoms. The van der Waals surface area contributed by atoms with Crippen molar-refractivity contribution in [3.05, 3.63) is 159 Å². The number of pyridine rings is 1. The van der Waals surface area contributed by atoms with E-state index >= 15 is 0 Å². The number of imidazole rings is 1. The normalized spacial score (nSPS) is 13.7. The maximum absolute atomic E-state index is 10.8. The topological polar surface area (TPSA) is 112 Å². The molecule has 0 atom stereocenters. The minimum atomic E-state index is -0.136. The Balaban J connectivity index is 2.30. The first-order valence-corrected chi connectivity index (χ1v) is 12.3. The molecule has 206 valence electrons. The van der Waals surface area contributed by atoms with E-state index in [9.17, 15) is 5.11 Å². The second kappa shape index (κ2) is 16.2. The fraction of sp³-hybridized carbons (Fsp3) is 0.0312. The number of allylic oxidation sites excluding steroid dienone is 10. The zero-order chi connectivity index (χ0) is 30.2. The zero-order valence-corrected chi connectivity index (χ0v) is 23.1. The Morgan fingerprint density at radius 2 is 1.15 bits per heavy atom. The Labute approximate surface area is 240 Å². The van der Waals surface area contributed by atoms with Gasteiger partial charge in [0.15, 0.2) is 0 Å². The van der Waals surface area contributed by atoms with Crippen LogP contribution in [0.1, 0.15) is 18.3 Å². The lowest BCUT2D eigenvalue weighted by molar-refractivity contribution is 0.447. The van der Waals surface area contributed by atoms with E-state index in [1.807, 2.05) is 6.92 Å². The lowest BCUT2D eigenvalue weighted by Crippen LogP contribution is -1.89. The summed E-state index contributed by atoms with van der Waals surface area (Å²) in [7, 11) is 0. The Bertz CT molecular complexity index is 1620. The van der Waals surface area contributed by atoms with Gasteiger partial charge in [-0.1, -0.05) is 52.1 Å². The van der Waals surface area contributed by atoms with Crippen LogP contribution in [0.5, 0.6) is 5.88 Å². The summed E-state index contributed by atoms with van der Waals surface area (Å²) in [6, 6.07) is 3.32. The van der Waals surface area contributed by atoms with E-state index in [1.165, 1.54) is 22.6 Å². The van der Waals surface area contributed by atoms with Crippen LogP contribution in [0.2, 0.25) is 0 Å². The van der Waals surface area contributed by atoms with Crippen molar-refractivity contribution < 1.29 is 5.11 Å². The average molecular weight is 545 g/mol. The molecule has 2 rings (SSSR count). The lowest BCUT2D eigenvalue weighted by atomic mass is 10.3. The van der Waals surface area contributed by atoms with Crippen LogP contribution in [-0.2, 0) is 0 Å². The summed E-state index contributed by atoms with van der Waals surface area (Å²) < 4.78 is 1.52. The van der Waals surface area contributed by atoms with Crippen LogP contribution in [0, 0.1) is 0 Å². The van der Waals surface area contributed by atoms with Crippen molar-refractivity contribution in [3.8, 4) is 5.88 Å². The molecule has 0 saturated carbocycles. The highest BCUT2D eigenvalue weighted by molar-refractivity contribution is 5.68. The summed E-state index contributed by atoms with van der Waals surface area (Å²) in [6.45, 7) is 28.1. The van der Waals surface area contributed by atoms with E-state index in [-0.39, 0.29) is 11.6 Å². The third-order valence-electron chi connectivity index (χ3n) is 5.21. The Hall–Kier alpha value is -5.83. The van der Waals surface area contributed by atoms with E-state index in [0.717, 1.165) is 0 Å². The van der Waals surface area contributed by atoms with Gasteiger partial charge in [0.05, 0.1) is 39.9 Å². The Kier molecular flexibility index (Phi) is 12.4. The number of aromatic hydroxyl groups is 1. The highest BCUT2D eigenvalue weighted by Gasteiger charge is 2.13. The fourth-order valence-corrected chi connectivity index (χ4v) is 3.04. The quantitative estimate of drug-likeness (QED) is 0.178. The van der Waals surface area contributed by atoms with E-state index in [1.54, 1.807) is 66.8 Å². The zero-order valence-electron chi connectivity index (χ0n) is 23.1. The third kappa shape index (κ3) is 8.59. The summed E-state index contributed by atoms with van der Waals surface area (Å²) >= 11 is 0. The first-order chi connectivity index (χ1) is 19.9. The van der Waals surface area contributed by atoms with Crippen LogP contribution < -0.4 is 0 Å². The predicted molar refractivity (Wildman–Crippen MR) is 168 cm³/mol. The largest absolute Gasteiger partial charge is 0.493 e. The molecule has 0 bridgehead atoms. The number of fused-ring (bicyclic) bond motifs is 1. The third-order valence-corrected chi connectivity index (χ3v) is 5.21. The Morgan fingerprint density at radius 1 is 0.683 bits per heavy atom. The molecule has 2 heterocycles. The van der Waals surface area contributed by atoms with Crippen LogP contribution in [0.15, 0.2) is 178 Å². The van der Waals surface area contributed by atoms with Crippen LogP contribution in [0.25, 0.3) is 17.8 Å². The molecule has 0 unspecified atom stereocenters. The molecule has 9 nitrogen and oxygen atoms in total. The fourth-order valence-electron chi connectivity index (χ4n) is 3.04. The summed E-state index contributed by atoms with van der Waals surface area (Å²) in [5.41, 5.74) is 4.42. The number of azo groups is 3. The molecular weight excluding hydrogens is 512 g/mol. The molecule has 2 aromatic rings. The van der Waals surface area contributed by atoms with Crippen molar-refractivity contribution in [2.45, 2.75) is 6.92 Å². The van der Waals surface area contributed by atoms with Gasteiger partial charge in [-0.2, -0.15) is 25.6 Å². The van der Waals surface area contributed by atoms with Crippen molar-refractivity contribution in [2.75, 3.05) is 0 Å². The van der Waals surface area contributed by atoms with Gasteiger partial charge in [-0.05, 0) is 85.9 Å². The van der Waals surface area contributed by atoms with E-state index in [4.69, 9.17) is 0 Å². The van der Waals surface area contributed by atoms with Crippen molar-refractivity contribution in [3.63, 3.8) is 0 Å². The first kappa shape index (κ1) is 31.4. The van der Waals surface area contributed by atoms with Gasteiger partial charge in [0, 0.05) is 0 Å². The summed E-state index contributed by atoms with van der Waals surface area (Å²) in [5.74, 6) is -0.136. The van der Waals surface area contributed by atoms with E-state index in [0.29, 0.717) is 45.5 Å². The molecule has 0 aromatic carbocycles. The van der Waals surface area contributed by atoms with Crippen LogP contribution in [0.4, 0.5) is 5.69 Å². The minimum absolute atomic E-state index is 0.136. The van der Waals surface area contributed by atoms with Gasteiger partial charge in [-0.25, -0.2) is 4.98 Å². The molecule has 0 aliphatic rings. The minimum Gasteiger partial charge on any atom is -0.493 e. The van der Waals surface area contributed by atoms with Crippen molar-refractivity contribution in [2.24, 2.45) is 30.7 Å². The molecule has 2 aromatic heterocycles. The lowest BCUT2D eigenvalue weighted by Gasteiger charge is -2.03. The molecule has 0 saturated heterocycles. The van der Waals surface area contributed by atoms with Crippen LogP contribution in [0.3, 0.4) is 0 Å². The van der Waals surface area contributed by atoms with Gasteiger partial charge in [0.25, 0.3) is 0 Å². The van der Waals surface area contributed by atoms with Crippen molar-refractivity contribution in [1.29, 1.82) is 0 Å². The molecule has 0 fully saturated rings. The molecular formula is C32H32N8O. The van der Waals surface area contributed by atoms with Crippen LogP contribution in [-0.4, -0.2) is 14.5 Å². The summed E-state index contributed by atoms with van der Waals surface area (Å²) in [4.78, 5) is 4.40.